The van der Waals surface area contributed by atoms with Crippen molar-refractivity contribution in [1.82, 2.24) is 0 Å². The molecule has 0 spiro atoms. The van der Waals surface area contributed by atoms with Gasteiger partial charge in [-0.1, -0.05) is 19.9 Å². The van der Waals surface area contributed by atoms with Gasteiger partial charge >= 0.3 is 0 Å². The monoisotopic (exact) mass is 215 g/mol. The predicted octanol–water partition coefficient (Wildman–Crippen LogP) is 0.759. The van der Waals surface area contributed by atoms with E-state index in [-0.39, 0.29) is 5.91 Å². The second-order valence-corrected chi connectivity index (χ2v) is 3.53. The number of hydrogen-bond donors (Lipinski definition) is 2. The molecule has 15 heavy (non-hydrogen) atoms. The van der Waals surface area contributed by atoms with Crippen molar-refractivity contribution in [2.24, 2.45) is 5.73 Å². The van der Waals surface area contributed by atoms with Crippen LogP contribution in [0.3, 0.4) is 0 Å². The lowest BCUT2D eigenvalue weighted by Crippen LogP contribution is -3.11. The normalized spacial score (nSPS) is 9.40. The van der Waals surface area contributed by atoms with E-state index in [1.807, 2.05) is 6.92 Å². The lowest BCUT2D eigenvalue weighted by molar-refractivity contribution is -0.894. The van der Waals surface area contributed by atoms with Gasteiger partial charge in [0.2, 0.25) is 5.91 Å². The van der Waals surface area contributed by atoms with Crippen molar-refractivity contribution in [2.45, 2.75) is 40.5 Å². The van der Waals surface area contributed by atoms with Crippen LogP contribution in [-0.2, 0) is 4.79 Å². The number of rotatable bonds is 6. The molecule has 0 unspecified atom stereocenters. The fraction of sp³-hybridized carbons (Fsp3) is 0.750. The Balaban J connectivity index is 0. The van der Waals surface area contributed by atoms with Crippen LogP contribution >= 0.6 is 0 Å². The molecular formula is C12H27N2O+. The quantitative estimate of drug-likeness (QED) is 0.631. The first-order valence-electron chi connectivity index (χ1n) is 5.84. The van der Waals surface area contributed by atoms with Gasteiger partial charge in [0.15, 0.2) is 0 Å². The zero-order chi connectivity index (χ0) is 12.3. The van der Waals surface area contributed by atoms with Gasteiger partial charge in [-0.25, -0.2) is 0 Å². The molecule has 0 aliphatic rings. The van der Waals surface area contributed by atoms with E-state index in [1.165, 1.54) is 19.6 Å². The molecule has 0 saturated heterocycles. The summed E-state index contributed by atoms with van der Waals surface area (Å²) in [5.74, 6) is -0.383. The summed E-state index contributed by atoms with van der Waals surface area (Å²) in [6.07, 6.45) is 1.65. The maximum atomic E-state index is 10.2. The minimum absolute atomic E-state index is 0.383. The smallest absolute Gasteiger partial charge is 0.244 e. The molecule has 3 heteroatoms. The van der Waals surface area contributed by atoms with Gasteiger partial charge in [-0.2, -0.15) is 0 Å². The van der Waals surface area contributed by atoms with Crippen LogP contribution in [0.5, 0.6) is 0 Å². The summed E-state index contributed by atoms with van der Waals surface area (Å²) in [6.45, 7) is 15.9. The first kappa shape index (κ1) is 16.6. The van der Waals surface area contributed by atoms with Crippen LogP contribution in [-0.4, -0.2) is 25.5 Å². The Morgan fingerprint density at radius 1 is 1.13 bits per heavy atom. The second kappa shape index (κ2) is 11.2. The molecule has 0 radical (unpaired) electrons. The molecule has 0 heterocycles. The highest BCUT2D eigenvalue weighted by molar-refractivity contribution is 5.91. The average Bonchev–Trinajstić information content (AvgIpc) is 2.21. The van der Waals surface area contributed by atoms with E-state index < -0.39 is 0 Å². The molecule has 0 aromatic rings. The van der Waals surface area contributed by atoms with Crippen LogP contribution in [0.25, 0.3) is 0 Å². The van der Waals surface area contributed by atoms with E-state index in [1.54, 1.807) is 4.90 Å². The number of nitrogens with two attached hydrogens (primary N) is 1. The van der Waals surface area contributed by atoms with Crippen LogP contribution in [0.2, 0.25) is 0 Å². The van der Waals surface area contributed by atoms with Gasteiger partial charge in [0.25, 0.3) is 0 Å². The van der Waals surface area contributed by atoms with E-state index in [0.29, 0.717) is 5.57 Å². The minimum Gasteiger partial charge on any atom is -0.366 e. The number of carbonyl (C=O) groups is 1. The highest BCUT2D eigenvalue weighted by Crippen LogP contribution is 1.98. The van der Waals surface area contributed by atoms with E-state index in [0.717, 1.165) is 12.8 Å². The molecule has 0 saturated carbocycles. The first-order chi connectivity index (χ1) is 7.03. The van der Waals surface area contributed by atoms with Crippen LogP contribution in [0, 0.1) is 0 Å². The third-order valence-electron chi connectivity index (χ3n) is 2.40. The number of hydrogen-bond acceptors (Lipinski definition) is 1. The molecule has 0 aromatic carbocycles. The Hall–Kier alpha value is -0.830. The molecule has 90 valence electrons. The Morgan fingerprint density at radius 2 is 1.53 bits per heavy atom. The van der Waals surface area contributed by atoms with Gasteiger partial charge in [-0.15, -0.1) is 0 Å². The zero-order valence-corrected chi connectivity index (χ0v) is 10.7. The molecule has 0 atom stereocenters. The van der Waals surface area contributed by atoms with Gasteiger partial charge in [0.05, 0.1) is 19.6 Å². The molecule has 1 amide bonds. The third kappa shape index (κ3) is 11.1. The summed E-state index contributed by atoms with van der Waals surface area (Å²) in [4.78, 5) is 11.9. The first-order valence-corrected chi connectivity index (χ1v) is 5.84. The van der Waals surface area contributed by atoms with Crippen molar-refractivity contribution in [3.8, 4) is 0 Å². The van der Waals surface area contributed by atoms with Gasteiger partial charge in [-0.3, -0.25) is 4.79 Å². The maximum Gasteiger partial charge on any atom is 0.244 e. The fourth-order valence-electron chi connectivity index (χ4n) is 1.17. The highest BCUT2D eigenvalue weighted by atomic mass is 16.1. The molecule has 0 bridgehead atoms. The fourth-order valence-corrected chi connectivity index (χ4v) is 1.17. The standard InChI is InChI=1S/C6H11NO.C6H15N/c1-3-4-5(2)6(7)8;1-4-7(5-2)6-3/h2-4H2,1H3,(H2,7,8);4-6H2,1-3H3/p+1. The van der Waals surface area contributed by atoms with Crippen LogP contribution in [0.1, 0.15) is 40.5 Å². The van der Waals surface area contributed by atoms with Crippen molar-refractivity contribution in [2.75, 3.05) is 19.6 Å². The lowest BCUT2D eigenvalue weighted by atomic mass is 10.2. The van der Waals surface area contributed by atoms with Gasteiger partial charge < -0.3 is 10.6 Å². The van der Waals surface area contributed by atoms with Crippen molar-refractivity contribution in [3.63, 3.8) is 0 Å². The molecular weight excluding hydrogens is 188 g/mol. The summed E-state index contributed by atoms with van der Waals surface area (Å²) >= 11 is 0. The van der Waals surface area contributed by atoms with E-state index >= 15 is 0 Å². The Labute approximate surface area is 94.3 Å². The number of primary amides is 1. The highest BCUT2D eigenvalue weighted by Gasteiger charge is 1.96. The van der Waals surface area contributed by atoms with E-state index in [4.69, 9.17) is 5.73 Å². The van der Waals surface area contributed by atoms with E-state index in [2.05, 4.69) is 27.4 Å². The van der Waals surface area contributed by atoms with Crippen molar-refractivity contribution in [3.05, 3.63) is 12.2 Å². The van der Waals surface area contributed by atoms with Crippen molar-refractivity contribution in [1.29, 1.82) is 0 Å². The van der Waals surface area contributed by atoms with Crippen LogP contribution in [0.15, 0.2) is 12.2 Å². The number of amides is 1. The Kier molecular flexibility index (Phi) is 12.4. The zero-order valence-electron chi connectivity index (χ0n) is 10.7. The molecule has 0 aromatic heterocycles. The number of quaternary nitrogens is 1. The number of carbonyl (C=O) groups excluding carboxylic acids is 1. The summed E-state index contributed by atoms with van der Waals surface area (Å²) in [5.41, 5.74) is 5.40. The number of nitrogens with one attached hydrogen (secondary N) is 1. The van der Waals surface area contributed by atoms with E-state index in [9.17, 15) is 4.79 Å². The molecule has 0 aliphatic heterocycles. The Morgan fingerprint density at radius 3 is 1.60 bits per heavy atom. The molecule has 0 aliphatic carbocycles. The topological polar surface area (TPSA) is 47.5 Å². The largest absolute Gasteiger partial charge is 0.366 e. The molecule has 3 nitrogen and oxygen atoms in total. The van der Waals surface area contributed by atoms with Crippen molar-refractivity contribution >= 4 is 5.91 Å². The third-order valence-corrected chi connectivity index (χ3v) is 2.40. The lowest BCUT2D eigenvalue weighted by Gasteiger charge is -2.10. The molecule has 3 N–H and O–H groups in total. The summed E-state index contributed by atoms with van der Waals surface area (Å²) in [6, 6.07) is 0. The van der Waals surface area contributed by atoms with Gasteiger partial charge in [0.1, 0.15) is 0 Å². The summed E-state index contributed by atoms with van der Waals surface area (Å²) in [5, 5.41) is 0. The van der Waals surface area contributed by atoms with Crippen LogP contribution in [0.4, 0.5) is 0 Å². The predicted molar refractivity (Wildman–Crippen MR) is 65.8 cm³/mol. The minimum atomic E-state index is -0.383. The molecule has 0 rings (SSSR count). The maximum absolute atomic E-state index is 10.2. The van der Waals surface area contributed by atoms with Crippen LogP contribution < -0.4 is 10.6 Å². The van der Waals surface area contributed by atoms with Gasteiger partial charge in [-0.05, 0) is 27.2 Å². The SMILES string of the molecule is C=C(CCC)C(N)=O.CC[NH+](CC)CC. The Bertz CT molecular complexity index is 169. The summed E-state index contributed by atoms with van der Waals surface area (Å²) in [7, 11) is 0. The average molecular weight is 215 g/mol. The van der Waals surface area contributed by atoms with Gasteiger partial charge in [0, 0.05) is 5.57 Å². The molecule has 0 fully saturated rings. The van der Waals surface area contributed by atoms with Crippen molar-refractivity contribution < 1.29 is 9.69 Å². The summed E-state index contributed by atoms with van der Waals surface area (Å²) < 4.78 is 0. The second-order valence-electron chi connectivity index (χ2n) is 3.53.